The van der Waals surface area contributed by atoms with Crippen molar-refractivity contribution in [2.45, 2.75) is 31.7 Å². The minimum atomic E-state index is 0.0443. The van der Waals surface area contributed by atoms with E-state index in [0.29, 0.717) is 0 Å². The molecule has 1 aliphatic carbocycles. The molecule has 1 aromatic heterocycles. The Morgan fingerprint density at radius 2 is 1.89 bits per heavy atom. The number of pyridine rings is 1. The average Bonchev–Trinajstić information content (AvgIpc) is 2.41. The van der Waals surface area contributed by atoms with E-state index in [0.717, 1.165) is 37.8 Å². The Kier molecular flexibility index (Phi) is 4.28. The first-order valence-electron chi connectivity index (χ1n) is 6.20. The van der Waals surface area contributed by atoms with Crippen LogP contribution in [0.5, 0.6) is 0 Å². The van der Waals surface area contributed by atoms with Gasteiger partial charge in [-0.05, 0) is 37.8 Å². The Balaban J connectivity index is 1.82. The second-order valence-electron chi connectivity index (χ2n) is 4.56. The molecule has 5 heteroatoms. The van der Waals surface area contributed by atoms with Gasteiger partial charge in [0.05, 0.1) is 0 Å². The highest BCUT2D eigenvalue weighted by atomic mass is 16.2. The monoisotopic (exact) mass is 247 g/mol. The summed E-state index contributed by atoms with van der Waals surface area (Å²) < 4.78 is 0. The molecule has 2 rings (SSSR count). The lowest BCUT2D eigenvalue weighted by Crippen LogP contribution is -2.35. The van der Waals surface area contributed by atoms with E-state index in [-0.39, 0.29) is 17.9 Å². The zero-order valence-corrected chi connectivity index (χ0v) is 10.1. The van der Waals surface area contributed by atoms with Gasteiger partial charge in [-0.15, -0.1) is 0 Å². The number of nitrogens with one attached hydrogen (secondary N) is 2. The van der Waals surface area contributed by atoms with Crippen molar-refractivity contribution in [3.8, 4) is 0 Å². The summed E-state index contributed by atoms with van der Waals surface area (Å²) in [4.78, 5) is 26.2. The van der Waals surface area contributed by atoms with Crippen molar-refractivity contribution < 1.29 is 9.59 Å². The van der Waals surface area contributed by atoms with Crippen LogP contribution < -0.4 is 10.6 Å². The third-order valence-electron chi connectivity index (χ3n) is 3.35. The molecule has 2 N–H and O–H groups in total. The molecular weight excluding hydrogens is 230 g/mol. The van der Waals surface area contributed by atoms with Crippen LogP contribution in [0.2, 0.25) is 0 Å². The normalized spacial score (nSPS) is 23.1. The second kappa shape index (κ2) is 6.14. The van der Waals surface area contributed by atoms with Gasteiger partial charge in [0.1, 0.15) is 0 Å². The molecule has 1 aliphatic rings. The van der Waals surface area contributed by atoms with Crippen molar-refractivity contribution in [2.75, 3.05) is 5.32 Å². The first-order chi connectivity index (χ1) is 8.79. The van der Waals surface area contributed by atoms with E-state index in [2.05, 4.69) is 15.6 Å². The predicted molar refractivity (Wildman–Crippen MR) is 67.8 cm³/mol. The van der Waals surface area contributed by atoms with Crippen LogP contribution >= 0.6 is 0 Å². The summed E-state index contributed by atoms with van der Waals surface area (Å²) in [6.45, 7) is 0. The van der Waals surface area contributed by atoms with Gasteiger partial charge in [-0.25, -0.2) is 0 Å². The molecule has 1 aromatic rings. The summed E-state index contributed by atoms with van der Waals surface area (Å²) in [7, 11) is 0. The van der Waals surface area contributed by atoms with Crippen LogP contribution in [0.15, 0.2) is 24.5 Å². The Hall–Kier alpha value is -1.91. The Labute approximate surface area is 106 Å². The highest BCUT2D eigenvalue weighted by molar-refractivity contribution is 5.92. The first-order valence-corrected chi connectivity index (χ1v) is 6.20. The Morgan fingerprint density at radius 1 is 1.22 bits per heavy atom. The number of carbonyl (C=O) groups is 2. The quantitative estimate of drug-likeness (QED) is 0.788. The maximum Gasteiger partial charge on any atom is 0.227 e. The van der Waals surface area contributed by atoms with Crippen molar-refractivity contribution in [1.29, 1.82) is 0 Å². The number of rotatable bonds is 4. The molecule has 0 radical (unpaired) electrons. The van der Waals surface area contributed by atoms with E-state index in [9.17, 15) is 9.59 Å². The zero-order chi connectivity index (χ0) is 12.8. The Bertz CT molecular complexity index is 400. The van der Waals surface area contributed by atoms with Crippen LogP contribution in [0.1, 0.15) is 25.7 Å². The van der Waals surface area contributed by atoms with E-state index >= 15 is 0 Å². The fourth-order valence-corrected chi connectivity index (χ4v) is 2.30. The maximum atomic E-state index is 12.0. The number of aromatic nitrogens is 1. The molecule has 0 aromatic carbocycles. The smallest absolute Gasteiger partial charge is 0.227 e. The summed E-state index contributed by atoms with van der Waals surface area (Å²) >= 11 is 0. The molecule has 0 spiro atoms. The molecule has 5 nitrogen and oxygen atoms in total. The average molecular weight is 247 g/mol. The van der Waals surface area contributed by atoms with Gasteiger partial charge in [0, 0.05) is 30.0 Å². The van der Waals surface area contributed by atoms with E-state index in [4.69, 9.17) is 0 Å². The molecule has 0 aliphatic heterocycles. The molecule has 2 amide bonds. The van der Waals surface area contributed by atoms with Crippen LogP contribution in [-0.4, -0.2) is 23.3 Å². The summed E-state index contributed by atoms with van der Waals surface area (Å²) in [6.07, 6.45) is 7.42. The first kappa shape index (κ1) is 12.5. The fourth-order valence-electron chi connectivity index (χ4n) is 2.30. The van der Waals surface area contributed by atoms with Gasteiger partial charge in [-0.3, -0.25) is 14.6 Å². The van der Waals surface area contributed by atoms with Gasteiger partial charge in [0.25, 0.3) is 0 Å². The minimum absolute atomic E-state index is 0.0443. The van der Waals surface area contributed by atoms with Crippen molar-refractivity contribution in [1.82, 2.24) is 10.3 Å². The molecule has 0 saturated heterocycles. The van der Waals surface area contributed by atoms with E-state index in [1.54, 1.807) is 24.5 Å². The van der Waals surface area contributed by atoms with Gasteiger partial charge in [0.2, 0.25) is 12.3 Å². The molecule has 1 saturated carbocycles. The van der Waals surface area contributed by atoms with E-state index in [1.165, 1.54) is 0 Å². The van der Waals surface area contributed by atoms with Crippen molar-refractivity contribution in [3.05, 3.63) is 24.5 Å². The van der Waals surface area contributed by atoms with Gasteiger partial charge >= 0.3 is 0 Å². The zero-order valence-electron chi connectivity index (χ0n) is 10.1. The molecule has 1 fully saturated rings. The fraction of sp³-hybridized carbons (Fsp3) is 0.462. The molecular formula is C13H17N3O2. The van der Waals surface area contributed by atoms with E-state index < -0.39 is 0 Å². The lowest BCUT2D eigenvalue weighted by molar-refractivity contribution is -0.120. The largest absolute Gasteiger partial charge is 0.356 e. The summed E-state index contributed by atoms with van der Waals surface area (Å²) in [5.41, 5.74) is 0.781. The minimum Gasteiger partial charge on any atom is -0.356 e. The third-order valence-corrected chi connectivity index (χ3v) is 3.35. The molecule has 0 unspecified atom stereocenters. The van der Waals surface area contributed by atoms with Crippen LogP contribution in [0.3, 0.4) is 0 Å². The van der Waals surface area contributed by atoms with Crippen LogP contribution in [0.4, 0.5) is 5.69 Å². The van der Waals surface area contributed by atoms with Crippen LogP contribution in [0, 0.1) is 5.92 Å². The van der Waals surface area contributed by atoms with Crippen molar-refractivity contribution in [2.24, 2.45) is 5.92 Å². The number of nitrogens with zero attached hydrogens (tertiary/aromatic N) is 1. The second-order valence-corrected chi connectivity index (χ2v) is 4.56. The lowest BCUT2D eigenvalue weighted by Gasteiger charge is -2.27. The summed E-state index contributed by atoms with van der Waals surface area (Å²) in [6, 6.07) is 3.78. The number of anilines is 1. The molecule has 96 valence electrons. The maximum absolute atomic E-state index is 12.0. The molecule has 0 atom stereocenters. The predicted octanol–water partition coefficient (Wildman–Crippen LogP) is 1.32. The number of hydrogen-bond donors (Lipinski definition) is 2. The topological polar surface area (TPSA) is 71.1 Å². The van der Waals surface area contributed by atoms with Crippen LogP contribution in [-0.2, 0) is 9.59 Å². The van der Waals surface area contributed by atoms with Crippen LogP contribution in [0.25, 0.3) is 0 Å². The van der Waals surface area contributed by atoms with E-state index in [1.807, 2.05) is 0 Å². The van der Waals surface area contributed by atoms with Gasteiger partial charge < -0.3 is 10.6 Å². The van der Waals surface area contributed by atoms with Crippen molar-refractivity contribution >= 4 is 18.0 Å². The number of hydrogen-bond acceptors (Lipinski definition) is 3. The summed E-state index contributed by atoms with van der Waals surface area (Å²) in [5.74, 6) is 0.105. The molecule has 1 heterocycles. The van der Waals surface area contributed by atoms with Gasteiger partial charge in [-0.1, -0.05) is 0 Å². The highest BCUT2D eigenvalue weighted by Gasteiger charge is 2.25. The standard InChI is InChI=1S/C13H17N3O2/c17-9-15-11-3-1-10(2-4-11)13(18)16-12-5-7-14-8-6-12/h5-11H,1-4H2,(H,15,17)(H,14,16,18). The third kappa shape index (κ3) is 3.29. The molecule has 0 bridgehead atoms. The van der Waals surface area contributed by atoms with Crippen molar-refractivity contribution in [3.63, 3.8) is 0 Å². The Morgan fingerprint density at radius 3 is 2.50 bits per heavy atom. The number of amides is 2. The SMILES string of the molecule is O=CNC1CCC(C(=O)Nc2ccncc2)CC1. The molecule has 18 heavy (non-hydrogen) atoms. The number of carbonyl (C=O) groups excluding carboxylic acids is 2. The van der Waals surface area contributed by atoms with Gasteiger partial charge in [-0.2, -0.15) is 0 Å². The lowest BCUT2D eigenvalue weighted by atomic mass is 9.85. The van der Waals surface area contributed by atoms with Gasteiger partial charge in [0.15, 0.2) is 0 Å². The summed E-state index contributed by atoms with van der Waals surface area (Å²) in [5, 5.41) is 5.66. The highest BCUT2D eigenvalue weighted by Crippen LogP contribution is 2.25.